The molecule has 0 heterocycles. The van der Waals surface area contributed by atoms with Crippen LogP contribution in [0.1, 0.15) is 11.1 Å². The van der Waals surface area contributed by atoms with Gasteiger partial charge in [0.15, 0.2) is 11.6 Å². The number of ether oxygens (including phenoxy) is 2. The number of benzene rings is 2. The van der Waals surface area contributed by atoms with Crippen molar-refractivity contribution in [1.82, 2.24) is 0 Å². The van der Waals surface area contributed by atoms with E-state index in [0.717, 1.165) is 5.56 Å². The Balaban J connectivity index is 2.12. The van der Waals surface area contributed by atoms with Gasteiger partial charge in [0.05, 0.1) is 7.11 Å². The molecule has 2 aromatic rings. The summed E-state index contributed by atoms with van der Waals surface area (Å²) in [6.45, 7) is 1.80. The molecule has 0 atom stereocenters. The monoisotopic (exact) mass is 264 g/mol. The fraction of sp³-hybridized carbons (Fsp3) is 0.200. The van der Waals surface area contributed by atoms with Crippen LogP contribution in [0.3, 0.4) is 0 Å². The molecule has 0 aliphatic carbocycles. The third-order valence-corrected chi connectivity index (χ3v) is 2.73. The highest BCUT2D eigenvalue weighted by molar-refractivity contribution is 5.31. The highest BCUT2D eigenvalue weighted by atomic mass is 19.1. The van der Waals surface area contributed by atoms with Crippen LogP contribution in [0.2, 0.25) is 0 Å². The Kier molecular flexibility index (Phi) is 4.00. The fourth-order valence-corrected chi connectivity index (χ4v) is 1.65. The van der Waals surface area contributed by atoms with E-state index in [1.807, 2.05) is 6.92 Å². The Labute approximate surface area is 110 Å². The molecule has 19 heavy (non-hydrogen) atoms. The maximum absolute atomic E-state index is 13.7. The SMILES string of the molecule is COc1ccc(COc2cc(C)ccc2F)c(F)c1. The molecule has 0 aliphatic rings. The largest absolute Gasteiger partial charge is 0.497 e. The van der Waals surface area contributed by atoms with E-state index in [1.54, 1.807) is 24.3 Å². The molecule has 0 unspecified atom stereocenters. The van der Waals surface area contributed by atoms with E-state index in [1.165, 1.54) is 19.2 Å². The molecule has 0 saturated heterocycles. The predicted octanol–water partition coefficient (Wildman–Crippen LogP) is 3.86. The van der Waals surface area contributed by atoms with Crippen LogP contribution < -0.4 is 9.47 Å². The smallest absolute Gasteiger partial charge is 0.165 e. The maximum atomic E-state index is 13.7. The van der Waals surface area contributed by atoms with Gasteiger partial charge in [0.2, 0.25) is 0 Å². The van der Waals surface area contributed by atoms with Gasteiger partial charge in [-0.2, -0.15) is 0 Å². The molecule has 0 spiro atoms. The second-order valence-corrected chi connectivity index (χ2v) is 4.18. The van der Waals surface area contributed by atoms with Crippen molar-refractivity contribution in [2.24, 2.45) is 0 Å². The molecule has 0 saturated carbocycles. The van der Waals surface area contributed by atoms with Gasteiger partial charge in [-0.1, -0.05) is 6.07 Å². The molecule has 0 aromatic heterocycles. The summed E-state index contributed by atoms with van der Waals surface area (Å²) in [6.07, 6.45) is 0. The Morgan fingerprint density at radius 2 is 1.79 bits per heavy atom. The zero-order valence-corrected chi connectivity index (χ0v) is 10.7. The molecule has 0 fully saturated rings. The molecule has 2 aromatic carbocycles. The number of rotatable bonds is 4. The minimum Gasteiger partial charge on any atom is -0.497 e. The van der Waals surface area contributed by atoms with Gasteiger partial charge in [0.25, 0.3) is 0 Å². The topological polar surface area (TPSA) is 18.5 Å². The van der Waals surface area contributed by atoms with Crippen molar-refractivity contribution in [3.05, 3.63) is 59.2 Å². The molecule has 100 valence electrons. The van der Waals surface area contributed by atoms with Crippen molar-refractivity contribution in [2.75, 3.05) is 7.11 Å². The summed E-state index contributed by atoms with van der Waals surface area (Å²) in [5.41, 5.74) is 1.23. The lowest BCUT2D eigenvalue weighted by atomic mass is 10.2. The van der Waals surface area contributed by atoms with Crippen LogP contribution in [0, 0.1) is 18.6 Å². The van der Waals surface area contributed by atoms with Crippen molar-refractivity contribution in [3.63, 3.8) is 0 Å². The van der Waals surface area contributed by atoms with Gasteiger partial charge >= 0.3 is 0 Å². The van der Waals surface area contributed by atoms with Crippen LogP contribution in [-0.4, -0.2) is 7.11 Å². The van der Waals surface area contributed by atoms with Gasteiger partial charge in [-0.05, 0) is 36.8 Å². The van der Waals surface area contributed by atoms with E-state index in [4.69, 9.17) is 9.47 Å². The fourth-order valence-electron chi connectivity index (χ4n) is 1.65. The quantitative estimate of drug-likeness (QED) is 0.834. The molecule has 0 bridgehead atoms. The van der Waals surface area contributed by atoms with Gasteiger partial charge in [0, 0.05) is 11.6 Å². The average Bonchev–Trinajstić information content (AvgIpc) is 2.40. The zero-order valence-electron chi connectivity index (χ0n) is 10.7. The lowest BCUT2D eigenvalue weighted by Crippen LogP contribution is -2.00. The lowest BCUT2D eigenvalue weighted by molar-refractivity contribution is 0.284. The molecule has 0 N–H and O–H groups in total. The van der Waals surface area contributed by atoms with Crippen LogP contribution in [0.25, 0.3) is 0 Å². The highest BCUT2D eigenvalue weighted by Gasteiger charge is 2.07. The average molecular weight is 264 g/mol. The van der Waals surface area contributed by atoms with E-state index >= 15 is 0 Å². The van der Waals surface area contributed by atoms with Crippen molar-refractivity contribution in [1.29, 1.82) is 0 Å². The summed E-state index contributed by atoms with van der Waals surface area (Å²) in [6, 6.07) is 9.02. The summed E-state index contributed by atoms with van der Waals surface area (Å²) >= 11 is 0. The predicted molar refractivity (Wildman–Crippen MR) is 68.4 cm³/mol. The molecule has 0 radical (unpaired) electrons. The van der Waals surface area contributed by atoms with Gasteiger partial charge in [-0.15, -0.1) is 0 Å². The van der Waals surface area contributed by atoms with E-state index in [0.29, 0.717) is 11.3 Å². The molecular weight excluding hydrogens is 250 g/mol. The molecule has 0 aliphatic heterocycles. The summed E-state index contributed by atoms with van der Waals surface area (Å²) in [4.78, 5) is 0. The normalized spacial score (nSPS) is 10.3. The molecule has 4 heteroatoms. The lowest BCUT2D eigenvalue weighted by Gasteiger charge is -2.09. The Morgan fingerprint density at radius 1 is 1.00 bits per heavy atom. The molecule has 2 rings (SSSR count). The molecule has 0 amide bonds. The summed E-state index contributed by atoms with van der Waals surface area (Å²) < 4.78 is 37.3. The minimum absolute atomic E-state index is 0.0315. The Hall–Kier alpha value is -2.10. The van der Waals surface area contributed by atoms with Gasteiger partial charge in [-0.3, -0.25) is 0 Å². The minimum atomic E-state index is -0.459. The first-order chi connectivity index (χ1) is 9.10. The standard InChI is InChI=1S/C15H14F2O2/c1-10-3-6-13(16)15(7-10)19-9-11-4-5-12(18-2)8-14(11)17/h3-8H,9H2,1-2H3. The zero-order chi connectivity index (χ0) is 13.8. The van der Waals surface area contributed by atoms with Crippen molar-refractivity contribution in [2.45, 2.75) is 13.5 Å². The summed E-state index contributed by atoms with van der Waals surface area (Å²) in [7, 11) is 1.47. The maximum Gasteiger partial charge on any atom is 0.165 e. The van der Waals surface area contributed by atoms with E-state index in [9.17, 15) is 8.78 Å². The van der Waals surface area contributed by atoms with E-state index in [2.05, 4.69) is 0 Å². The third kappa shape index (κ3) is 3.22. The third-order valence-electron chi connectivity index (χ3n) is 2.73. The second kappa shape index (κ2) is 5.69. The number of hydrogen-bond acceptors (Lipinski definition) is 2. The van der Waals surface area contributed by atoms with Gasteiger partial charge < -0.3 is 9.47 Å². The first kappa shape index (κ1) is 13.3. The van der Waals surface area contributed by atoms with Crippen molar-refractivity contribution >= 4 is 0 Å². The van der Waals surface area contributed by atoms with Crippen LogP contribution in [0.15, 0.2) is 36.4 Å². The van der Waals surface area contributed by atoms with E-state index < -0.39 is 11.6 Å². The number of halogens is 2. The van der Waals surface area contributed by atoms with Crippen LogP contribution in [-0.2, 0) is 6.61 Å². The van der Waals surface area contributed by atoms with E-state index in [-0.39, 0.29) is 12.4 Å². The van der Waals surface area contributed by atoms with Crippen molar-refractivity contribution in [3.8, 4) is 11.5 Å². The first-order valence-corrected chi connectivity index (χ1v) is 5.81. The molecule has 2 nitrogen and oxygen atoms in total. The number of hydrogen-bond donors (Lipinski definition) is 0. The Bertz CT molecular complexity index is 582. The van der Waals surface area contributed by atoms with Crippen LogP contribution in [0.4, 0.5) is 8.78 Å². The number of aryl methyl sites for hydroxylation is 1. The summed E-state index contributed by atoms with van der Waals surface area (Å²) in [5, 5.41) is 0. The van der Waals surface area contributed by atoms with Crippen LogP contribution >= 0.6 is 0 Å². The summed E-state index contributed by atoms with van der Waals surface area (Å²) in [5.74, 6) is -0.342. The van der Waals surface area contributed by atoms with Crippen LogP contribution in [0.5, 0.6) is 11.5 Å². The second-order valence-electron chi connectivity index (χ2n) is 4.18. The van der Waals surface area contributed by atoms with Crippen molar-refractivity contribution < 1.29 is 18.3 Å². The Morgan fingerprint density at radius 3 is 2.47 bits per heavy atom. The first-order valence-electron chi connectivity index (χ1n) is 5.81. The van der Waals surface area contributed by atoms with Gasteiger partial charge in [-0.25, -0.2) is 8.78 Å². The van der Waals surface area contributed by atoms with Gasteiger partial charge in [0.1, 0.15) is 18.2 Å². The molecular formula is C15H14F2O2. The number of methoxy groups -OCH3 is 1. The highest BCUT2D eigenvalue weighted by Crippen LogP contribution is 2.21.